The van der Waals surface area contributed by atoms with Crippen molar-refractivity contribution in [2.24, 2.45) is 0 Å². The van der Waals surface area contributed by atoms with Gasteiger partial charge in [0.1, 0.15) is 0 Å². The van der Waals surface area contributed by atoms with E-state index in [1.54, 1.807) is 4.90 Å². The molecule has 1 heterocycles. The second-order valence-corrected chi connectivity index (χ2v) is 10.2. The van der Waals surface area contributed by atoms with Crippen LogP contribution in [0.1, 0.15) is 6.42 Å². The van der Waals surface area contributed by atoms with Gasteiger partial charge in [0.05, 0.1) is 45.2 Å². The first-order chi connectivity index (χ1) is 13.2. The van der Waals surface area contributed by atoms with E-state index in [2.05, 4.69) is 24.3 Å². The summed E-state index contributed by atoms with van der Waals surface area (Å²) in [5.74, 6) is 0.247. The Morgan fingerprint density at radius 3 is 2.50 bits per heavy atom. The normalized spacial score (nSPS) is 18.5. The average molecular weight is 405 g/mol. The number of amides is 1. The van der Waals surface area contributed by atoms with Crippen molar-refractivity contribution >= 4 is 32.2 Å². The van der Waals surface area contributed by atoms with Gasteiger partial charge in [-0.2, -0.15) is 0 Å². The van der Waals surface area contributed by atoms with Gasteiger partial charge >= 0.3 is 0 Å². The van der Waals surface area contributed by atoms with E-state index in [4.69, 9.17) is 0 Å². The number of nitrogens with one attached hydrogen (secondary N) is 1. The third kappa shape index (κ3) is 5.02. The van der Waals surface area contributed by atoms with Gasteiger partial charge in [0, 0.05) is 18.8 Å². The molecule has 1 saturated heterocycles. The number of sulfone groups is 1. The van der Waals surface area contributed by atoms with Gasteiger partial charge in [-0.3, -0.25) is 4.79 Å². The molecular formula is C21H30N3O3S+. The monoisotopic (exact) mass is 404 g/mol. The van der Waals surface area contributed by atoms with Crippen molar-refractivity contribution in [2.45, 2.75) is 12.5 Å². The van der Waals surface area contributed by atoms with Crippen LogP contribution in [0.3, 0.4) is 0 Å². The Morgan fingerprint density at radius 2 is 1.86 bits per heavy atom. The summed E-state index contributed by atoms with van der Waals surface area (Å²) >= 11 is 0. The molecule has 1 fully saturated rings. The summed E-state index contributed by atoms with van der Waals surface area (Å²) < 4.78 is 23.8. The molecule has 1 aliphatic rings. The fraction of sp³-hybridized carbons (Fsp3) is 0.476. The Morgan fingerprint density at radius 1 is 1.14 bits per heavy atom. The van der Waals surface area contributed by atoms with Crippen LogP contribution in [0.25, 0.3) is 10.8 Å². The van der Waals surface area contributed by atoms with E-state index < -0.39 is 9.84 Å². The maximum atomic E-state index is 13.1. The number of fused-ring (bicyclic) bond motifs is 1. The summed E-state index contributed by atoms with van der Waals surface area (Å²) in [6.45, 7) is 1.60. The Labute approximate surface area is 167 Å². The number of nitrogens with zero attached hydrogens (tertiary/aromatic N) is 2. The van der Waals surface area contributed by atoms with Crippen molar-refractivity contribution in [3.63, 3.8) is 0 Å². The van der Waals surface area contributed by atoms with Gasteiger partial charge in [-0.15, -0.1) is 0 Å². The van der Waals surface area contributed by atoms with Crippen LogP contribution in [0, 0.1) is 0 Å². The molecule has 152 valence electrons. The second kappa shape index (κ2) is 8.49. The average Bonchev–Trinajstić information content (AvgIpc) is 3.00. The quantitative estimate of drug-likeness (QED) is 0.727. The maximum absolute atomic E-state index is 13.1. The molecule has 1 atom stereocenters. The van der Waals surface area contributed by atoms with E-state index in [0.29, 0.717) is 13.0 Å². The molecule has 6 nitrogen and oxygen atoms in total. The first-order valence-corrected chi connectivity index (χ1v) is 11.6. The second-order valence-electron chi connectivity index (χ2n) is 7.99. The highest BCUT2D eigenvalue weighted by Crippen LogP contribution is 2.22. The molecule has 1 N–H and O–H groups in total. The molecular weight excluding hydrogens is 374 g/mol. The molecule has 7 heteroatoms. The van der Waals surface area contributed by atoms with Gasteiger partial charge in [-0.25, -0.2) is 8.42 Å². The lowest BCUT2D eigenvalue weighted by atomic mass is 10.1. The van der Waals surface area contributed by atoms with Crippen molar-refractivity contribution in [3.05, 3.63) is 42.5 Å². The van der Waals surface area contributed by atoms with Gasteiger partial charge in [0.2, 0.25) is 5.91 Å². The van der Waals surface area contributed by atoms with Gasteiger partial charge in [-0.05, 0) is 29.3 Å². The predicted octanol–water partition coefficient (Wildman–Crippen LogP) is 0.436. The zero-order valence-corrected chi connectivity index (χ0v) is 17.7. The first-order valence-electron chi connectivity index (χ1n) is 9.74. The fourth-order valence-corrected chi connectivity index (χ4v) is 5.41. The Balaban J connectivity index is 1.73. The number of carbonyl (C=O) groups excluding carboxylic acids is 1. The summed E-state index contributed by atoms with van der Waals surface area (Å²) in [6.07, 6.45) is 0.538. The molecule has 0 saturated carbocycles. The molecule has 0 spiro atoms. The molecule has 3 rings (SSSR count). The van der Waals surface area contributed by atoms with Gasteiger partial charge in [0.15, 0.2) is 9.84 Å². The number of hydrogen-bond acceptors (Lipinski definition) is 4. The topological polar surface area (TPSA) is 62.1 Å². The van der Waals surface area contributed by atoms with Crippen LogP contribution in [0.15, 0.2) is 42.5 Å². The number of benzene rings is 2. The van der Waals surface area contributed by atoms with Crippen LogP contribution >= 0.6 is 0 Å². The molecule has 0 radical (unpaired) electrons. The van der Waals surface area contributed by atoms with Crippen molar-refractivity contribution in [3.8, 4) is 0 Å². The minimum absolute atomic E-state index is 0.0148. The lowest BCUT2D eigenvalue weighted by molar-refractivity contribution is -0.857. The van der Waals surface area contributed by atoms with Crippen molar-refractivity contribution in [1.82, 2.24) is 4.90 Å². The fourth-order valence-electron chi connectivity index (χ4n) is 3.68. The zero-order chi connectivity index (χ0) is 20.3. The lowest BCUT2D eigenvalue weighted by Gasteiger charge is -2.31. The summed E-state index contributed by atoms with van der Waals surface area (Å²) in [5, 5.41) is 2.30. The van der Waals surface area contributed by atoms with Gasteiger partial charge in [-0.1, -0.05) is 30.3 Å². The maximum Gasteiger partial charge on any atom is 0.242 e. The third-order valence-corrected chi connectivity index (χ3v) is 7.12. The minimum Gasteiger partial charge on any atom is -0.365 e. The molecule has 2 aromatic carbocycles. The van der Waals surface area contributed by atoms with Crippen LogP contribution in [0.4, 0.5) is 5.69 Å². The van der Waals surface area contributed by atoms with Gasteiger partial charge < -0.3 is 14.7 Å². The highest BCUT2D eigenvalue weighted by molar-refractivity contribution is 7.91. The Hall–Kier alpha value is -2.12. The number of rotatable bonds is 7. The standard InChI is InChI=1S/C21H29N3O3S/c1-22(2)11-12-24(20-10-13-28(26,27)16-20)21(25)15-23(3)19-9-8-17-6-4-5-7-18(17)14-19/h4-9,14,20H,10-13,15-16H2,1-3H3/p+1/t20-/m0/s1. The molecule has 1 amide bonds. The zero-order valence-electron chi connectivity index (χ0n) is 16.9. The van der Waals surface area contributed by atoms with Crippen molar-refractivity contribution < 1.29 is 18.1 Å². The van der Waals surface area contributed by atoms with Crippen LogP contribution in [-0.4, -0.2) is 77.5 Å². The summed E-state index contributed by atoms with van der Waals surface area (Å²) in [6, 6.07) is 14.1. The number of carbonyl (C=O) groups is 1. The van der Waals surface area contributed by atoms with E-state index >= 15 is 0 Å². The highest BCUT2D eigenvalue weighted by atomic mass is 32.2. The number of anilines is 1. The summed E-state index contributed by atoms with van der Waals surface area (Å²) in [4.78, 5) is 18.0. The van der Waals surface area contributed by atoms with E-state index in [9.17, 15) is 13.2 Å². The molecule has 0 aliphatic carbocycles. The molecule has 28 heavy (non-hydrogen) atoms. The molecule has 1 aliphatic heterocycles. The SMILES string of the molecule is CN(CC(=O)N(CC[NH+](C)C)[C@H]1CCS(=O)(=O)C1)c1ccc2ccccc2c1. The molecule has 0 aromatic heterocycles. The first kappa shape index (κ1) is 20.6. The largest absolute Gasteiger partial charge is 0.365 e. The van der Waals surface area contributed by atoms with Crippen LogP contribution in [-0.2, 0) is 14.6 Å². The molecule has 0 bridgehead atoms. The predicted molar refractivity (Wildman–Crippen MR) is 114 cm³/mol. The van der Waals surface area contributed by atoms with Crippen molar-refractivity contribution in [2.75, 3.05) is 57.2 Å². The highest BCUT2D eigenvalue weighted by Gasteiger charge is 2.35. The summed E-state index contributed by atoms with van der Waals surface area (Å²) in [5.41, 5.74) is 0.976. The Kier molecular flexibility index (Phi) is 6.25. The third-order valence-electron chi connectivity index (χ3n) is 5.37. The van der Waals surface area contributed by atoms with E-state index in [-0.39, 0.29) is 30.0 Å². The van der Waals surface area contributed by atoms with Crippen LogP contribution < -0.4 is 9.80 Å². The Bertz CT molecular complexity index is 943. The molecule has 2 aromatic rings. The van der Waals surface area contributed by atoms with Gasteiger partial charge in [0.25, 0.3) is 0 Å². The minimum atomic E-state index is -3.03. The number of hydrogen-bond donors (Lipinski definition) is 1. The molecule has 0 unspecified atom stereocenters. The van der Waals surface area contributed by atoms with Crippen LogP contribution in [0.5, 0.6) is 0 Å². The smallest absolute Gasteiger partial charge is 0.242 e. The van der Waals surface area contributed by atoms with E-state index in [0.717, 1.165) is 23.0 Å². The summed E-state index contributed by atoms with van der Waals surface area (Å²) in [7, 11) is 2.95. The van der Waals surface area contributed by atoms with Crippen molar-refractivity contribution in [1.29, 1.82) is 0 Å². The van der Waals surface area contributed by atoms with Crippen LogP contribution in [0.2, 0.25) is 0 Å². The lowest BCUT2D eigenvalue weighted by Crippen LogP contribution is -3.06. The van der Waals surface area contributed by atoms with E-state index in [1.807, 2.05) is 44.2 Å². The number of quaternary nitrogens is 1. The number of likely N-dealkylation sites (N-methyl/N-ethyl adjacent to an activating group) is 2. The van der Waals surface area contributed by atoms with E-state index in [1.165, 1.54) is 4.90 Å².